The second-order valence-electron chi connectivity index (χ2n) is 13.4. The molecule has 0 aromatic rings. The Balaban J connectivity index is 1.44. The molecule has 0 amide bonds. The van der Waals surface area contributed by atoms with Crippen molar-refractivity contribution in [1.29, 1.82) is 0 Å². The summed E-state index contributed by atoms with van der Waals surface area (Å²) in [6.45, 7) is 0. The molecule has 198 valence electrons. The summed E-state index contributed by atoms with van der Waals surface area (Å²) in [6.07, 6.45) is 26.8. The quantitative estimate of drug-likeness (QED) is 0.336. The van der Waals surface area contributed by atoms with Gasteiger partial charge >= 0.3 is 0 Å². The normalized spacial score (nSPS) is 41.6. The highest BCUT2D eigenvalue weighted by molar-refractivity contribution is 4.90. The smallest absolute Gasteiger partial charge is 0.00390 e. The van der Waals surface area contributed by atoms with Crippen molar-refractivity contribution in [2.75, 3.05) is 0 Å². The van der Waals surface area contributed by atoms with Crippen LogP contribution < -0.4 is 22.9 Å². The molecule has 0 heterocycles. The van der Waals surface area contributed by atoms with Crippen LogP contribution in [0.2, 0.25) is 0 Å². The van der Waals surface area contributed by atoms with Crippen molar-refractivity contribution in [3.8, 4) is 0 Å². The fourth-order valence-electron chi connectivity index (χ4n) is 8.56. The molecule has 2 unspecified atom stereocenters. The van der Waals surface area contributed by atoms with E-state index >= 15 is 0 Å². The van der Waals surface area contributed by atoms with Gasteiger partial charge in [0.1, 0.15) is 0 Å². The minimum atomic E-state index is 0.453. The SMILES string of the molecule is NC1CCC(CCC(C2CCC(N)CC2)C(CCC2CCC(N)CC2)C2CCC(N)CC2)CC1. The molecule has 4 rings (SSSR count). The Morgan fingerprint density at radius 2 is 0.647 bits per heavy atom. The Morgan fingerprint density at radius 3 is 0.941 bits per heavy atom. The van der Waals surface area contributed by atoms with E-state index in [9.17, 15) is 0 Å². The van der Waals surface area contributed by atoms with Gasteiger partial charge in [-0.1, -0.05) is 12.8 Å². The first-order chi connectivity index (χ1) is 16.5. The summed E-state index contributed by atoms with van der Waals surface area (Å²) in [5, 5.41) is 0. The molecule has 2 atom stereocenters. The molecular weight excluding hydrogens is 416 g/mol. The third kappa shape index (κ3) is 7.92. The molecule has 0 aromatic heterocycles. The van der Waals surface area contributed by atoms with Crippen LogP contribution in [0.15, 0.2) is 0 Å². The van der Waals surface area contributed by atoms with Crippen LogP contribution in [0.4, 0.5) is 0 Å². The van der Waals surface area contributed by atoms with E-state index in [2.05, 4.69) is 0 Å². The summed E-state index contributed by atoms with van der Waals surface area (Å²) in [5.41, 5.74) is 25.2. The van der Waals surface area contributed by atoms with E-state index in [4.69, 9.17) is 22.9 Å². The monoisotopic (exact) mass is 474 g/mol. The van der Waals surface area contributed by atoms with E-state index in [0.29, 0.717) is 24.2 Å². The van der Waals surface area contributed by atoms with Gasteiger partial charge in [0.15, 0.2) is 0 Å². The first kappa shape index (κ1) is 26.9. The Bertz CT molecular complexity index is 500. The second-order valence-corrected chi connectivity index (χ2v) is 13.4. The van der Waals surface area contributed by atoms with Gasteiger partial charge in [0.2, 0.25) is 0 Å². The summed E-state index contributed by atoms with van der Waals surface area (Å²) >= 11 is 0. The molecule has 4 saturated carbocycles. The van der Waals surface area contributed by atoms with Gasteiger partial charge in [-0.3, -0.25) is 0 Å². The van der Waals surface area contributed by atoms with Crippen molar-refractivity contribution in [3.05, 3.63) is 0 Å². The molecule has 4 heteroatoms. The Hall–Kier alpha value is -0.160. The third-order valence-electron chi connectivity index (χ3n) is 11.0. The van der Waals surface area contributed by atoms with Gasteiger partial charge < -0.3 is 22.9 Å². The molecule has 0 radical (unpaired) electrons. The molecule has 4 aliphatic rings. The molecular formula is C30H58N4. The highest BCUT2D eigenvalue weighted by atomic mass is 14.7. The zero-order chi connectivity index (χ0) is 23.9. The van der Waals surface area contributed by atoms with Crippen LogP contribution in [0.1, 0.15) is 128 Å². The van der Waals surface area contributed by atoms with E-state index < -0.39 is 0 Å². The number of nitrogens with two attached hydrogens (primary N) is 4. The maximum absolute atomic E-state index is 6.37. The maximum atomic E-state index is 6.37. The van der Waals surface area contributed by atoms with Crippen molar-refractivity contribution >= 4 is 0 Å². The van der Waals surface area contributed by atoms with E-state index in [1.807, 2.05) is 0 Å². The highest BCUT2D eigenvalue weighted by Crippen LogP contribution is 2.47. The van der Waals surface area contributed by atoms with Crippen LogP contribution in [-0.2, 0) is 0 Å². The minimum absolute atomic E-state index is 0.453. The van der Waals surface area contributed by atoms with Crippen molar-refractivity contribution < 1.29 is 0 Å². The molecule has 4 aliphatic carbocycles. The molecule has 0 bridgehead atoms. The van der Waals surface area contributed by atoms with Crippen molar-refractivity contribution in [2.24, 2.45) is 58.4 Å². The van der Waals surface area contributed by atoms with Gasteiger partial charge in [-0.15, -0.1) is 0 Å². The Morgan fingerprint density at radius 1 is 0.382 bits per heavy atom. The van der Waals surface area contributed by atoms with Crippen LogP contribution >= 0.6 is 0 Å². The summed E-state index contributed by atoms with van der Waals surface area (Å²) < 4.78 is 0. The van der Waals surface area contributed by atoms with Crippen LogP contribution in [0, 0.1) is 35.5 Å². The van der Waals surface area contributed by atoms with Crippen molar-refractivity contribution in [2.45, 2.75) is 153 Å². The summed E-state index contributed by atoms with van der Waals surface area (Å²) in [4.78, 5) is 0. The van der Waals surface area contributed by atoms with Gasteiger partial charge in [-0.2, -0.15) is 0 Å². The standard InChI is InChI=1S/C30H58N4/c31-25-11-1-21(2-12-25)5-19-29(23-7-15-27(33)16-8-23)30(24-9-17-28(34)18-10-24)20-6-22-3-13-26(32)14-4-22/h21-30H,1-20,31-34H2. The average Bonchev–Trinajstić information content (AvgIpc) is 2.85. The van der Waals surface area contributed by atoms with Gasteiger partial charge in [-0.05, 0) is 151 Å². The van der Waals surface area contributed by atoms with Crippen molar-refractivity contribution in [1.82, 2.24) is 0 Å². The average molecular weight is 475 g/mol. The number of rotatable bonds is 9. The van der Waals surface area contributed by atoms with E-state index in [1.54, 1.807) is 0 Å². The van der Waals surface area contributed by atoms with Gasteiger partial charge in [-0.25, -0.2) is 0 Å². The van der Waals surface area contributed by atoms with Crippen molar-refractivity contribution in [3.63, 3.8) is 0 Å². The summed E-state index contributed by atoms with van der Waals surface area (Å²) in [7, 11) is 0. The zero-order valence-electron chi connectivity index (χ0n) is 22.2. The largest absolute Gasteiger partial charge is 0.328 e. The van der Waals surface area contributed by atoms with Crippen LogP contribution in [0.3, 0.4) is 0 Å². The first-order valence-electron chi connectivity index (χ1n) is 15.5. The van der Waals surface area contributed by atoms with E-state index in [1.165, 1.54) is 128 Å². The van der Waals surface area contributed by atoms with Gasteiger partial charge in [0.25, 0.3) is 0 Å². The lowest BCUT2D eigenvalue weighted by molar-refractivity contribution is 0.0731. The molecule has 0 saturated heterocycles. The summed E-state index contributed by atoms with van der Waals surface area (Å²) in [6, 6.07) is 1.84. The summed E-state index contributed by atoms with van der Waals surface area (Å²) in [5.74, 6) is 5.49. The Kier molecular flexibility index (Phi) is 10.6. The highest BCUT2D eigenvalue weighted by Gasteiger charge is 2.38. The topological polar surface area (TPSA) is 104 Å². The van der Waals surface area contributed by atoms with Crippen LogP contribution in [0.5, 0.6) is 0 Å². The molecule has 34 heavy (non-hydrogen) atoms. The maximum Gasteiger partial charge on any atom is 0.00390 e. The molecule has 4 fully saturated rings. The lowest BCUT2D eigenvalue weighted by Crippen LogP contribution is -2.38. The molecule has 8 N–H and O–H groups in total. The van der Waals surface area contributed by atoms with Gasteiger partial charge in [0.05, 0.1) is 0 Å². The minimum Gasteiger partial charge on any atom is -0.328 e. The first-order valence-corrected chi connectivity index (χ1v) is 15.5. The molecule has 0 aliphatic heterocycles. The van der Waals surface area contributed by atoms with Crippen LogP contribution in [0.25, 0.3) is 0 Å². The second kappa shape index (κ2) is 13.4. The van der Waals surface area contributed by atoms with E-state index in [-0.39, 0.29) is 0 Å². The number of hydrogen-bond donors (Lipinski definition) is 4. The lowest BCUT2D eigenvalue weighted by atomic mass is 9.62. The molecule has 0 aromatic carbocycles. The fourth-order valence-corrected chi connectivity index (χ4v) is 8.56. The predicted octanol–water partition coefficient (Wildman–Crippen LogP) is 5.85. The lowest BCUT2D eigenvalue weighted by Gasteiger charge is -2.44. The fraction of sp³-hybridized carbons (Fsp3) is 1.00. The number of hydrogen-bond acceptors (Lipinski definition) is 4. The van der Waals surface area contributed by atoms with Gasteiger partial charge in [0, 0.05) is 24.2 Å². The van der Waals surface area contributed by atoms with E-state index in [0.717, 1.165) is 35.5 Å². The third-order valence-corrected chi connectivity index (χ3v) is 11.0. The van der Waals surface area contributed by atoms with Crippen LogP contribution in [-0.4, -0.2) is 24.2 Å². The molecule has 4 nitrogen and oxygen atoms in total. The zero-order valence-corrected chi connectivity index (χ0v) is 22.2. The Labute approximate surface area is 211 Å². The molecule has 0 spiro atoms. The predicted molar refractivity (Wildman–Crippen MR) is 145 cm³/mol.